The number of unbranched alkanes of at least 4 members (excludes halogenated alkanes) is 6. The van der Waals surface area contributed by atoms with Gasteiger partial charge in [-0.05, 0) is 37.5 Å². The highest BCUT2D eigenvalue weighted by Crippen LogP contribution is 2.35. The Morgan fingerprint density at radius 3 is 2.20 bits per heavy atom. The molecule has 1 saturated carbocycles. The van der Waals surface area contributed by atoms with Gasteiger partial charge in [0.25, 0.3) is 0 Å². The van der Waals surface area contributed by atoms with E-state index in [2.05, 4.69) is 33.1 Å². The van der Waals surface area contributed by atoms with Gasteiger partial charge in [0.1, 0.15) is 0 Å². The lowest BCUT2D eigenvalue weighted by Gasteiger charge is -2.13. The van der Waals surface area contributed by atoms with Gasteiger partial charge in [-0.25, -0.2) is 0 Å². The van der Waals surface area contributed by atoms with Crippen LogP contribution in [0.4, 0.5) is 0 Å². The van der Waals surface area contributed by atoms with Crippen molar-refractivity contribution in [2.45, 2.75) is 90.9 Å². The van der Waals surface area contributed by atoms with Crippen molar-refractivity contribution in [1.29, 1.82) is 0 Å². The van der Waals surface area contributed by atoms with Crippen LogP contribution in [0.25, 0.3) is 0 Å². The van der Waals surface area contributed by atoms with Crippen LogP contribution >= 0.6 is 0 Å². The van der Waals surface area contributed by atoms with E-state index in [-0.39, 0.29) is 0 Å². The highest BCUT2D eigenvalue weighted by atomic mass is 14.3. The smallest absolute Gasteiger partial charge is 0.0208 e. The van der Waals surface area contributed by atoms with Gasteiger partial charge in [0.2, 0.25) is 0 Å². The molecule has 118 valence electrons. The van der Waals surface area contributed by atoms with Crippen molar-refractivity contribution in [2.24, 2.45) is 11.8 Å². The summed E-state index contributed by atoms with van der Waals surface area (Å²) >= 11 is 0. The minimum absolute atomic E-state index is 0.847. The highest BCUT2D eigenvalue weighted by molar-refractivity contribution is 4.88. The zero-order valence-electron chi connectivity index (χ0n) is 14.2. The number of hydrogen-bond donors (Lipinski definition) is 0. The van der Waals surface area contributed by atoms with E-state index in [4.69, 9.17) is 0 Å². The van der Waals surface area contributed by atoms with Gasteiger partial charge in [-0.1, -0.05) is 77.4 Å². The fourth-order valence-electron chi connectivity index (χ4n) is 3.17. The average molecular weight is 279 g/mol. The van der Waals surface area contributed by atoms with E-state index in [1.54, 1.807) is 0 Å². The van der Waals surface area contributed by atoms with Crippen LogP contribution in [0, 0.1) is 11.8 Å². The standard InChI is InChI=1S/C10H18.C10H20/c1-3-6-10-8-5-7-9(10)4-2;1-3-5-7-9-10-8-6-4-2/h4,9-10H,2-3,5-8H2,1H3;3H,1,4-10H2,2H3. The Morgan fingerprint density at radius 2 is 1.60 bits per heavy atom. The minimum Gasteiger partial charge on any atom is -0.103 e. The third-order valence-corrected chi connectivity index (χ3v) is 4.44. The summed E-state index contributed by atoms with van der Waals surface area (Å²) in [5.41, 5.74) is 0. The van der Waals surface area contributed by atoms with Crippen molar-refractivity contribution in [3.05, 3.63) is 25.3 Å². The van der Waals surface area contributed by atoms with Crippen molar-refractivity contribution in [1.82, 2.24) is 0 Å². The zero-order valence-corrected chi connectivity index (χ0v) is 14.2. The molecule has 0 aromatic carbocycles. The molecular weight excluding hydrogens is 240 g/mol. The summed E-state index contributed by atoms with van der Waals surface area (Å²) in [4.78, 5) is 0. The predicted octanol–water partition coefficient (Wildman–Crippen LogP) is 7.31. The molecule has 0 radical (unpaired) electrons. The lowest BCUT2D eigenvalue weighted by atomic mass is 9.92. The lowest BCUT2D eigenvalue weighted by molar-refractivity contribution is 0.422. The Morgan fingerprint density at radius 1 is 0.900 bits per heavy atom. The average Bonchev–Trinajstić information content (AvgIpc) is 2.91. The van der Waals surface area contributed by atoms with Gasteiger partial charge in [0, 0.05) is 0 Å². The van der Waals surface area contributed by atoms with Crippen molar-refractivity contribution in [2.75, 3.05) is 0 Å². The van der Waals surface area contributed by atoms with E-state index in [1.165, 1.54) is 77.0 Å². The van der Waals surface area contributed by atoms with Gasteiger partial charge in [0.05, 0.1) is 0 Å². The van der Waals surface area contributed by atoms with Crippen LogP contribution in [0.3, 0.4) is 0 Å². The molecule has 1 aliphatic carbocycles. The van der Waals surface area contributed by atoms with Crippen LogP contribution in [0.5, 0.6) is 0 Å². The Bertz CT molecular complexity index is 216. The highest BCUT2D eigenvalue weighted by Gasteiger charge is 2.23. The van der Waals surface area contributed by atoms with Crippen LogP contribution in [-0.2, 0) is 0 Å². The Labute approximate surface area is 128 Å². The second kappa shape index (κ2) is 14.9. The molecule has 0 aliphatic heterocycles. The number of allylic oxidation sites excluding steroid dienone is 2. The molecule has 0 heterocycles. The topological polar surface area (TPSA) is 0 Å². The molecule has 0 spiro atoms. The monoisotopic (exact) mass is 278 g/mol. The van der Waals surface area contributed by atoms with Gasteiger partial charge < -0.3 is 0 Å². The van der Waals surface area contributed by atoms with E-state index < -0.39 is 0 Å². The summed E-state index contributed by atoms with van der Waals surface area (Å²) in [6, 6.07) is 0. The van der Waals surface area contributed by atoms with Crippen LogP contribution in [0.2, 0.25) is 0 Å². The molecule has 0 saturated heterocycles. The summed E-state index contributed by atoms with van der Waals surface area (Å²) in [7, 11) is 0. The first kappa shape index (κ1) is 19.5. The van der Waals surface area contributed by atoms with Gasteiger partial charge in [-0.15, -0.1) is 13.2 Å². The quantitative estimate of drug-likeness (QED) is 0.290. The maximum absolute atomic E-state index is 3.88. The van der Waals surface area contributed by atoms with Crippen molar-refractivity contribution >= 4 is 0 Å². The molecule has 0 heteroatoms. The lowest BCUT2D eigenvalue weighted by Crippen LogP contribution is -2.03. The molecule has 2 atom stereocenters. The predicted molar refractivity (Wildman–Crippen MR) is 94.1 cm³/mol. The molecular formula is C20H38. The molecule has 0 N–H and O–H groups in total. The summed E-state index contributed by atoms with van der Waals surface area (Å²) < 4.78 is 0. The Kier molecular flexibility index (Phi) is 14.5. The number of hydrogen-bond acceptors (Lipinski definition) is 0. The molecule has 0 nitrogen and oxygen atoms in total. The zero-order chi connectivity index (χ0) is 15.1. The SMILES string of the molecule is C=CC1CCCC1CCC.C=CCCCCCCCC. The largest absolute Gasteiger partial charge is 0.103 e. The van der Waals surface area contributed by atoms with Crippen LogP contribution < -0.4 is 0 Å². The molecule has 1 fully saturated rings. The second-order valence-corrected chi connectivity index (χ2v) is 6.22. The Hall–Kier alpha value is -0.520. The Balaban J connectivity index is 0.000000361. The summed E-state index contributed by atoms with van der Waals surface area (Å²) in [6.07, 6.45) is 20.7. The first-order valence-electron chi connectivity index (χ1n) is 9.03. The van der Waals surface area contributed by atoms with Crippen molar-refractivity contribution in [3.8, 4) is 0 Å². The maximum atomic E-state index is 3.88. The third-order valence-electron chi connectivity index (χ3n) is 4.44. The van der Waals surface area contributed by atoms with Gasteiger partial charge >= 0.3 is 0 Å². The van der Waals surface area contributed by atoms with E-state index in [9.17, 15) is 0 Å². The van der Waals surface area contributed by atoms with Gasteiger partial charge in [0.15, 0.2) is 0 Å². The fraction of sp³-hybridized carbons (Fsp3) is 0.800. The number of rotatable bonds is 10. The molecule has 0 aromatic rings. The van der Waals surface area contributed by atoms with Gasteiger partial charge in [-0.3, -0.25) is 0 Å². The molecule has 1 aliphatic rings. The molecule has 1 rings (SSSR count). The van der Waals surface area contributed by atoms with E-state index in [0.29, 0.717) is 0 Å². The minimum atomic E-state index is 0.847. The third kappa shape index (κ3) is 10.3. The van der Waals surface area contributed by atoms with Crippen LogP contribution in [-0.4, -0.2) is 0 Å². The molecule has 20 heavy (non-hydrogen) atoms. The first-order chi connectivity index (χ1) is 9.79. The summed E-state index contributed by atoms with van der Waals surface area (Å²) in [6.45, 7) is 12.1. The van der Waals surface area contributed by atoms with Crippen LogP contribution in [0.1, 0.15) is 90.9 Å². The summed E-state index contributed by atoms with van der Waals surface area (Å²) in [5.74, 6) is 1.82. The summed E-state index contributed by atoms with van der Waals surface area (Å²) in [5, 5.41) is 0. The van der Waals surface area contributed by atoms with E-state index in [1.807, 2.05) is 6.08 Å². The normalized spacial score (nSPS) is 21.1. The van der Waals surface area contributed by atoms with Crippen molar-refractivity contribution < 1.29 is 0 Å². The fourth-order valence-corrected chi connectivity index (χ4v) is 3.17. The van der Waals surface area contributed by atoms with Crippen LogP contribution in [0.15, 0.2) is 25.3 Å². The molecule has 0 amide bonds. The molecule has 0 bridgehead atoms. The van der Waals surface area contributed by atoms with E-state index in [0.717, 1.165) is 11.8 Å². The molecule has 0 aromatic heterocycles. The van der Waals surface area contributed by atoms with Gasteiger partial charge in [-0.2, -0.15) is 0 Å². The van der Waals surface area contributed by atoms with E-state index >= 15 is 0 Å². The molecule has 2 unspecified atom stereocenters. The second-order valence-electron chi connectivity index (χ2n) is 6.22. The maximum Gasteiger partial charge on any atom is -0.0208 e. The van der Waals surface area contributed by atoms with Crippen molar-refractivity contribution in [3.63, 3.8) is 0 Å². The first-order valence-corrected chi connectivity index (χ1v) is 9.03.